The molecule has 0 amide bonds. The molecule has 4 nitrogen and oxygen atoms in total. The first-order chi connectivity index (χ1) is 6.47. The first kappa shape index (κ1) is 13.4. The van der Waals surface area contributed by atoms with Gasteiger partial charge in [-0.25, -0.2) is 12.7 Å². The van der Waals surface area contributed by atoms with Crippen molar-refractivity contribution in [3.8, 4) is 6.07 Å². The highest BCUT2D eigenvalue weighted by molar-refractivity contribution is 7.89. The molecule has 0 aliphatic carbocycles. The van der Waals surface area contributed by atoms with Crippen LogP contribution in [0.4, 0.5) is 0 Å². The second kappa shape index (κ2) is 5.99. The van der Waals surface area contributed by atoms with Gasteiger partial charge in [0, 0.05) is 13.1 Å². The molecule has 0 spiro atoms. The van der Waals surface area contributed by atoms with Gasteiger partial charge in [0.15, 0.2) is 5.75 Å². The molecule has 0 saturated carbocycles. The Labute approximate surface area is 86.6 Å². The van der Waals surface area contributed by atoms with E-state index >= 15 is 0 Å². The van der Waals surface area contributed by atoms with Crippen molar-refractivity contribution in [2.45, 2.75) is 27.2 Å². The van der Waals surface area contributed by atoms with Gasteiger partial charge in [-0.05, 0) is 5.92 Å². The zero-order chi connectivity index (χ0) is 11.2. The second-order valence-corrected chi connectivity index (χ2v) is 5.35. The molecular weight excluding hydrogens is 200 g/mol. The fraction of sp³-hybridized carbons (Fsp3) is 0.889. The Kier molecular flexibility index (Phi) is 5.73. The van der Waals surface area contributed by atoms with Gasteiger partial charge >= 0.3 is 0 Å². The van der Waals surface area contributed by atoms with E-state index in [0.717, 1.165) is 6.42 Å². The molecule has 0 aliphatic rings. The van der Waals surface area contributed by atoms with Gasteiger partial charge in [-0.1, -0.05) is 27.2 Å². The number of hydrogen-bond acceptors (Lipinski definition) is 3. The third kappa shape index (κ3) is 4.07. The largest absolute Gasteiger partial charge is 0.227 e. The molecule has 5 heteroatoms. The van der Waals surface area contributed by atoms with Gasteiger partial charge < -0.3 is 0 Å². The summed E-state index contributed by atoms with van der Waals surface area (Å²) in [6.07, 6.45) is 0.943. The van der Waals surface area contributed by atoms with Gasteiger partial charge in [-0.2, -0.15) is 5.26 Å². The van der Waals surface area contributed by atoms with Crippen molar-refractivity contribution >= 4 is 10.0 Å². The molecule has 14 heavy (non-hydrogen) atoms. The minimum Gasteiger partial charge on any atom is -0.211 e. The first-order valence-electron chi connectivity index (χ1n) is 4.82. The molecule has 0 N–H and O–H groups in total. The zero-order valence-corrected chi connectivity index (χ0v) is 9.84. The van der Waals surface area contributed by atoms with Gasteiger partial charge in [-0.15, -0.1) is 0 Å². The van der Waals surface area contributed by atoms with Crippen molar-refractivity contribution in [2.24, 2.45) is 5.92 Å². The van der Waals surface area contributed by atoms with Gasteiger partial charge in [0.2, 0.25) is 10.0 Å². The summed E-state index contributed by atoms with van der Waals surface area (Å²) in [4.78, 5) is 0. The highest BCUT2D eigenvalue weighted by atomic mass is 32.2. The third-order valence-electron chi connectivity index (χ3n) is 2.21. The highest BCUT2D eigenvalue weighted by Gasteiger charge is 2.21. The van der Waals surface area contributed by atoms with Gasteiger partial charge in [0.1, 0.15) is 0 Å². The average molecular weight is 218 g/mol. The minimum atomic E-state index is -3.36. The van der Waals surface area contributed by atoms with Gasteiger partial charge in [0.25, 0.3) is 0 Å². The molecule has 0 radical (unpaired) electrons. The van der Waals surface area contributed by atoms with E-state index in [9.17, 15) is 8.42 Å². The van der Waals surface area contributed by atoms with Crippen molar-refractivity contribution in [3.05, 3.63) is 0 Å². The van der Waals surface area contributed by atoms with Crippen LogP contribution in [0.25, 0.3) is 0 Å². The summed E-state index contributed by atoms with van der Waals surface area (Å²) in [6.45, 7) is 6.77. The summed E-state index contributed by atoms with van der Waals surface area (Å²) in [5.74, 6) is -0.0829. The number of nitriles is 1. The predicted octanol–water partition coefficient (Wildman–Crippen LogP) is 1.21. The molecule has 0 aromatic heterocycles. The Morgan fingerprint density at radius 1 is 1.43 bits per heavy atom. The van der Waals surface area contributed by atoms with E-state index in [1.807, 2.05) is 13.8 Å². The molecule has 0 rings (SSSR count). The van der Waals surface area contributed by atoms with E-state index in [2.05, 4.69) is 0 Å². The summed E-state index contributed by atoms with van der Waals surface area (Å²) in [5.41, 5.74) is 0. The van der Waals surface area contributed by atoms with Crippen LogP contribution in [0.5, 0.6) is 0 Å². The lowest BCUT2D eigenvalue weighted by Gasteiger charge is -2.21. The fourth-order valence-electron chi connectivity index (χ4n) is 1.09. The highest BCUT2D eigenvalue weighted by Crippen LogP contribution is 2.08. The average Bonchev–Trinajstić information content (AvgIpc) is 2.13. The molecule has 0 aliphatic heterocycles. The smallest absolute Gasteiger partial charge is 0.211 e. The summed E-state index contributed by atoms with van der Waals surface area (Å²) in [5, 5.41) is 8.38. The number of sulfonamides is 1. The van der Waals surface area contributed by atoms with Crippen LogP contribution in [0.1, 0.15) is 27.2 Å². The zero-order valence-electron chi connectivity index (χ0n) is 9.02. The lowest BCUT2D eigenvalue weighted by atomic mass is 10.1. The molecule has 1 atom stereocenters. The van der Waals surface area contributed by atoms with E-state index in [0.29, 0.717) is 19.0 Å². The molecule has 0 heterocycles. The lowest BCUT2D eigenvalue weighted by molar-refractivity contribution is 0.363. The van der Waals surface area contributed by atoms with E-state index in [1.54, 1.807) is 13.0 Å². The topological polar surface area (TPSA) is 61.2 Å². The third-order valence-corrected chi connectivity index (χ3v) is 3.89. The number of rotatable bonds is 6. The van der Waals surface area contributed by atoms with Gasteiger partial charge in [-0.3, -0.25) is 0 Å². The minimum absolute atomic E-state index is 0.336. The fourth-order valence-corrected chi connectivity index (χ4v) is 2.31. The maximum Gasteiger partial charge on any atom is 0.227 e. The monoisotopic (exact) mass is 218 g/mol. The van der Waals surface area contributed by atoms with Gasteiger partial charge in [0.05, 0.1) is 6.07 Å². The summed E-state index contributed by atoms with van der Waals surface area (Å²) >= 11 is 0. The van der Waals surface area contributed by atoms with Crippen LogP contribution in [0.2, 0.25) is 0 Å². The first-order valence-corrected chi connectivity index (χ1v) is 6.43. The van der Waals surface area contributed by atoms with Crippen molar-refractivity contribution in [1.29, 1.82) is 5.26 Å². The maximum absolute atomic E-state index is 11.5. The Morgan fingerprint density at radius 2 is 2.00 bits per heavy atom. The van der Waals surface area contributed by atoms with E-state index in [4.69, 9.17) is 5.26 Å². The van der Waals surface area contributed by atoms with E-state index in [-0.39, 0.29) is 0 Å². The SMILES string of the molecule is CCC(C)CN(CC)S(=O)(=O)CC#N. The molecular formula is C9H18N2O2S. The maximum atomic E-state index is 11.5. The summed E-state index contributed by atoms with van der Waals surface area (Å²) in [6, 6.07) is 1.68. The van der Waals surface area contributed by atoms with Crippen molar-refractivity contribution < 1.29 is 8.42 Å². The normalized spacial score (nSPS) is 13.9. The van der Waals surface area contributed by atoms with E-state index < -0.39 is 15.8 Å². The molecule has 82 valence electrons. The molecule has 0 aromatic rings. The van der Waals surface area contributed by atoms with Crippen LogP contribution < -0.4 is 0 Å². The lowest BCUT2D eigenvalue weighted by Crippen LogP contribution is -2.35. The summed E-state index contributed by atoms with van der Waals surface area (Å²) < 4.78 is 24.4. The van der Waals surface area contributed by atoms with Crippen LogP contribution in [0.15, 0.2) is 0 Å². The molecule has 0 fully saturated rings. The van der Waals surface area contributed by atoms with E-state index in [1.165, 1.54) is 4.31 Å². The van der Waals surface area contributed by atoms with Crippen LogP contribution in [-0.4, -0.2) is 31.6 Å². The molecule has 0 bridgehead atoms. The van der Waals surface area contributed by atoms with Crippen molar-refractivity contribution in [3.63, 3.8) is 0 Å². The van der Waals surface area contributed by atoms with Crippen molar-refractivity contribution in [1.82, 2.24) is 4.31 Å². The second-order valence-electron chi connectivity index (χ2n) is 3.38. The van der Waals surface area contributed by atoms with Crippen molar-refractivity contribution in [2.75, 3.05) is 18.8 Å². The van der Waals surface area contributed by atoms with Crippen LogP contribution in [-0.2, 0) is 10.0 Å². The van der Waals surface area contributed by atoms with Crippen LogP contribution in [0.3, 0.4) is 0 Å². The molecule has 0 saturated heterocycles. The Morgan fingerprint density at radius 3 is 2.36 bits per heavy atom. The number of nitrogens with zero attached hydrogens (tertiary/aromatic N) is 2. The van der Waals surface area contributed by atoms with Crippen LogP contribution in [0, 0.1) is 17.2 Å². The quantitative estimate of drug-likeness (QED) is 0.673. The standard InChI is InChI=1S/C9H18N2O2S/c1-4-9(3)8-11(5-2)14(12,13)7-6-10/h9H,4-5,7-8H2,1-3H3. The summed E-state index contributed by atoms with van der Waals surface area (Å²) in [7, 11) is -3.36. The Bertz CT molecular complexity index is 292. The molecule has 1 unspecified atom stereocenters. The predicted molar refractivity (Wildman–Crippen MR) is 56.1 cm³/mol. The Hall–Kier alpha value is -0.600. The number of hydrogen-bond donors (Lipinski definition) is 0. The Balaban J connectivity index is 4.50. The molecule has 0 aromatic carbocycles. The van der Waals surface area contributed by atoms with Crippen LogP contribution >= 0.6 is 0 Å².